The van der Waals surface area contributed by atoms with Crippen LogP contribution in [0.3, 0.4) is 0 Å². The summed E-state index contributed by atoms with van der Waals surface area (Å²) in [7, 11) is 0. The second kappa shape index (κ2) is 9.88. The van der Waals surface area contributed by atoms with Crippen LogP contribution in [0.25, 0.3) is 0 Å². The highest BCUT2D eigenvalue weighted by atomic mass is 16.4. The van der Waals surface area contributed by atoms with E-state index in [1.165, 1.54) is 4.90 Å². The maximum atomic E-state index is 13.4. The van der Waals surface area contributed by atoms with Gasteiger partial charge in [0.05, 0.1) is 12.3 Å². The lowest BCUT2D eigenvalue weighted by atomic mass is 9.97. The number of aliphatic hydroxyl groups is 1. The van der Waals surface area contributed by atoms with E-state index in [1.54, 1.807) is 41.3 Å². The van der Waals surface area contributed by atoms with Crippen molar-refractivity contribution in [2.45, 2.75) is 32.3 Å². The van der Waals surface area contributed by atoms with Gasteiger partial charge in [0.2, 0.25) is 5.91 Å². The number of benzene rings is 2. The Morgan fingerprint density at radius 1 is 0.912 bits per heavy atom. The molecule has 0 aliphatic carbocycles. The lowest BCUT2D eigenvalue weighted by Gasteiger charge is -2.31. The third kappa shape index (κ3) is 4.69. The number of amides is 2. The quantitative estimate of drug-likeness (QED) is 0.584. The number of rotatable bonds is 5. The second-order valence-corrected chi connectivity index (χ2v) is 8.21. The minimum absolute atomic E-state index is 0.0295. The zero-order valence-electron chi connectivity index (χ0n) is 18.6. The number of anilines is 2. The van der Waals surface area contributed by atoms with E-state index in [2.05, 4.69) is 4.99 Å². The van der Waals surface area contributed by atoms with Gasteiger partial charge in [-0.3, -0.25) is 9.59 Å². The maximum Gasteiger partial charge on any atom is 0.352 e. The lowest BCUT2D eigenvalue weighted by molar-refractivity contribution is -0.132. The summed E-state index contributed by atoms with van der Waals surface area (Å²) in [6.07, 6.45) is 2.61. The summed E-state index contributed by atoms with van der Waals surface area (Å²) in [5.41, 5.74) is 8.09. The van der Waals surface area contributed by atoms with Gasteiger partial charge in [-0.25, -0.2) is 9.79 Å². The summed E-state index contributed by atoms with van der Waals surface area (Å²) < 4.78 is 0. The van der Waals surface area contributed by atoms with Crippen molar-refractivity contribution in [2.75, 3.05) is 22.9 Å². The molecule has 2 heterocycles. The molecule has 2 fully saturated rings. The minimum atomic E-state index is -1.31. The Hall–Kier alpha value is -3.98. The number of nitrogens with zero attached hydrogens (tertiary/aromatic N) is 3. The van der Waals surface area contributed by atoms with Crippen LogP contribution in [0.5, 0.6) is 0 Å². The predicted molar refractivity (Wildman–Crippen MR) is 128 cm³/mol. The molecule has 9 heteroatoms. The van der Waals surface area contributed by atoms with E-state index < -0.39 is 17.6 Å². The molecule has 0 atom stereocenters. The van der Waals surface area contributed by atoms with Crippen molar-refractivity contribution in [3.05, 3.63) is 65.4 Å². The Labute approximate surface area is 196 Å². The van der Waals surface area contributed by atoms with Crippen LogP contribution in [0.2, 0.25) is 0 Å². The number of carboxylic acids is 1. The molecule has 2 amide bonds. The van der Waals surface area contributed by atoms with Crippen LogP contribution in [0, 0.1) is 0 Å². The fraction of sp³-hybridized carbons (Fsp3) is 0.280. The summed E-state index contributed by atoms with van der Waals surface area (Å²) in [6, 6.07) is 13.8. The van der Waals surface area contributed by atoms with Crippen molar-refractivity contribution >= 4 is 40.6 Å². The molecule has 0 bridgehead atoms. The normalized spacial score (nSPS) is 19.5. The van der Waals surface area contributed by atoms with Crippen LogP contribution in [0.1, 0.15) is 31.2 Å². The lowest BCUT2D eigenvalue weighted by Crippen LogP contribution is -2.44. The van der Waals surface area contributed by atoms with E-state index in [0.29, 0.717) is 29.9 Å². The van der Waals surface area contributed by atoms with Crippen LogP contribution in [0.4, 0.5) is 17.1 Å². The second-order valence-electron chi connectivity index (χ2n) is 8.21. The number of carbonyl (C=O) groups is 3. The van der Waals surface area contributed by atoms with Crippen molar-refractivity contribution < 1.29 is 24.6 Å². The molecule has 2 aromatic rings. The van der Waals surface area contributed by atoms with Crippen molar-refractivity contribution in [2.24, 2.45) is 10.7 Å². The standard InChI is InChI=1S/C25H26N4O5/c26-22(25(33)34)20-12-14-29(24(32)23(20)27-17-6-4-16(15-30)5-7-17)19-10-8-18(9-11-19)28-13-2-1-3-21(28)31/h4-11,30H,1-3,12-15,26H2,(H,33,34). The average molecular weight is 463 g/mol. The molecular formula is C25H26N4O5. The first-order valence-electron chi connectivity index (χ1n) is 11.1. The number of carboxylic acid groups (broad SMARTS) is 1. The smallest absolute Gasteiger partial charge is 0.352 e. The largest absolute Gasteiger partial charge is 0.477 e. The number of aliphatic hydroxyl groups excluding tert-OH is 1. The van der Waals surface area contributed by atoms with Gasteiger partial charge in [0.1, 0.15) is 11.4 Å². The summed E-state index contributed by atoms with van der Waals surface area (Å²) in [6.45, 7) is 0.793. The highest BCUT2D eigenvalue weighted by Crippen LogP contribution is 2.29. The fourth-order valence-electron chi connectivity index (χ4n) is 4.15. The summed E-state index contributed by atoms with van der Waals surface area (Å²) in [4.78, 5) is 44.9. The minimum Gasteiger partial charge on any atom is -0.477 e. The van der Waals surface area contributed by atoms with Gasteiger partial charge in [0.15, 0.2) is 0 Å². The van der Waals surface area contributed by atoms with Crippen molar-refractivity contribution in [1.82, 2.24) is 0 Å². The van der Waals surface area contributed by atoms with Gasteiger partial charge in [-0.05, 0) is 61.2 Å². The Balaban J connectivity index is 1.66. The van der Waals surface area contributed by atoms with Crippen LogP contribution >= 0.6 is 0 Å². The van der Waals surface area contributed by atoms with Gasteiger partial charge in [-0.15, -0.1) is 0 Å². The molecule has 2 aliphatic heterocycles. The SMILES string of the molecule is NC(C(=O)O)=C1CCN(c2ccc(N3CCCCC3=O)cc2)C(=O)C1=Nc1ccc(CO)cc1. The number of aliphatic imine (C=N–C) groups is 1. The molecule has 0 aromatic heterocycles. The third-order valence-corrected chi connectivity index (χ3v) is 6.03. The first-order chi connectivity index (χ1) is 16.4. The molecule has 2 saturated heterocycles. The van der Waals surface area contributed by atoms with Crippen LogP contribution in [-0.2, 0) is 21.0 Å². The third-order valence-electron chi connectivity index (χ3n) is 6.03. The van der Waals surface area contributed by atoms with E-state index in [9.17, 15) is 24.6 Å². The number of hydrogen-bond acceptors (Lipinski definition) is 6. The van der Waals surface area contributed by atoms with E-state index in [1.807, 2.05) is 12.1 Å². The molecule has 0 saturated carbocycles. The molecule has 4 N–H and O–H groups in total. The van der Waals surface area contributed by atoms with Crippen molar-refractivity contribution in [3.8, 4) is 0 Å². The van der Waals surface area contributed by atoms with Crippen LogP contribution in [0.15, 0.2) is 64.8 Å². The van der Waals surface area contributed by atoms with Crippen LogP contribution < -0.4 is 15.5 Å². The Morgan fingerprint density at radius 2 is 1.56 bits per heavy atom. The molecule has 34 heavy (non-hydrogen) atoms. The summed E-state index contributed by atoms with van der Waals surface area (Å²) >= 11 is 0. The van der Waals surface area contributed by atoms with Gasteiger partial charge < -0.3 is 25.7 Å². The number of hydrogen-bond donors (Lipinski definition) is 3. The summed E-state index contributed by atoms with van der Waals surface area (Å²) in [5, 5.41) is 18.6. The molecule has 0 spiro atoms. The average Bonchev–Trinajstić information content (AvgIpc) is 2.85. The van der Waals surface area contributed by atoms with Gasteiger partial charge in [0.25, 0.3) is 5.91 Å². The van der Waals surface area contributed by atoms with E-state index in [4.69, 9.17) is 5.73 Å². The first-order valence-corrected chi connectivity index (χ1v) is 11.1. The van der Waals surface area contributed by atoms with Gasteiger partial charge in [-0.1, -0.05) is 12.1 Å². The monoisotopic (exact) mass is 462 g/mol. The van der Waals surface area contributed by atoms with Gasteiger partial charge in [-0.2, -0.15) is 0 Å². The van der Waals surface area contributed by atoms with E-state index in [-0.39, 0.29) is 36.8 Å². The first kappa shape index (κ1) is 23.2. The zero-order valence-corrected chi connectivity index (χ0v) is 18.6. The number of nitrogens with two attached hydrogens (primary N) is 1. The van der Waals surface area contributed by atoms with Crippen LogP contribution in [-0.4, -0.2) is 46.8 Å². The van der Waals surface area contributed by atoms with E-state index in [0.717, 1.165) is 18.5 Å². The predicted octanol–water partition coefficient (Wildman–Crippen LogP) is 2.50. The topological polar surface area (TPSA) is 137 Å². The maximum absolute atomic E-state index is 13.4. The fourth-order valence-corrected chi connectivity index (χ4v) is 4.15. The van der Waals surface area contributed by atoms with Crippen molar-refractivity contribution in [3.63, 3.8) is 0 Å². The molecule has 2 aliphatic rings. The Bertz CT molecular complexity index is 1170. The zero-order chi connectivity index (χ0) is 24.2. The number of piperidine rings is 2. The molecule has 176 valence electrons. The van der Waals surface area contributed by atoms with Crippen molar-refractivity contribution in [1.29, 1.82) is 0 Å². The molecular weight excluding hydrogens is 436 g/mol. The molecule has 0 radical (unpaired) electrons. The molecule has 0 unspecified atom stereocenters. The number of carbonyl (C=O) groups excluding carboxylic acids is 2. The molecule has 4 rings (SSSR count). The highest BCUT2D eigenvalue weighted by molar-refractivity contribution is 6.51. The van der Waals surface area contributed by atoms with Gasteiger partial charge >= 0.3 is 5.97 Å². The molecule has 9 nitrogen and oxygen atoms in total. The number of aliphatic carboxylic acids is 1. The molecule has 2 aromatic carbocycles. The highest BCUT2D eigenvalue weighted by Gasteiger charge is 2.33. The van der Waals surface area contributed by atoms with E-state index >= 15 is 0 Å². The summed E-state index contributed by atoms with van der Waals surface area (Å²) in [5.74, 6) is -1.68. The Morgan fingerprint density at radius 3 is 2.15 bits per heavy atom. The Kier molecular flexibility index (Phi) is 6.74. The van der Waals surface area contributed by atoms with Gasteiger partial charge in [0, 0.05) is 36.5 Å².